The van der Waals surface area contributed by atoms with Crippen LogP contribution in [0.4, 0.5) is 5.69 Å². The van der Waals surface area contributed by atoms with Crippen molar-refractivity contribution in [2.24, 2.45) is 5.73 Å². The molecule has 0 bridgehead atoms. The summed E-state index contributed by atoms with van der Waals surface area (Å²) in [5, 5.41) is 9.16. The maximum absolute atomic E-state index is 12.6. The third-order valence-electron chi connectivity index (χ3n) is 3.51. The number of amides is 1. The third-order valence-corrected chi connectivity index (χ3v) is 3.51. The van der Waals surface area contributed by atoms with Gasteiger partial charge in [0, 0.05) is 19.6 Å². The predicted molar refractivity (Wildman–Crippen MR) is 73.6 cm³/mol. The van der Waals surface area contributed by atoms with E-state index in [1.165, 1.54) is 0 Å². The van der Waals surface area contributed by atoms with E-state index in [1.54, 1.807) is 17.0 Å². The van der Waals surface area contributed by atoms with E-state index in [0.717, 1.165) is 13.0 Å². The quantitative estimate of drug-likeness (QED) is 0.841. The Labute approximate surface area is 113 Å². The average Bonchev–Trinajstić information content (AvgIpc) is 2.57. The van der Waals surface area contributed by atoms with E-state index in [2.05, 4.69) is 6.07 Å². The Morgan fingerprint density at radius 2 is 2.16 bits per heavy atom. The number of carbonyl (C=O) groups is 1. The molecule has 1 aliphatic rings. The second kappa shape index (κ2) is 5.83. The molecule has 1 atom stereocenters. The molecule has 1 aliphatic heterocycles. The van der Waals surface area contributed by atoms with Gasteiger partial charge in [-0.25, -0.2) is 0 Å². The van der Waals surface area contributed by atoms with Gasteiger partial charge in [0.05, 0.1) is 11.3 Å². The minimum Gasteiger partial charge on any atom is -0.328 e. The smallest absolute Gasteiger partial charge is 0.245 e. The highest BCUT2D eigenvalue weighted by atomic mass is 16.2. The molecule has 1 aromatic carbocycles. The number of hydrogen-bond acceptors (Lipinski definition) is 4. The van der Waals surface area contributed by atoms with E-state index in [0.29, 0.717) is 24.3 Å². The van der Waals surface area contributed by atoms with Crippen LogP contribution in [0, 0.1) is 11.3 Å². The lowest BCUT2D eigenvalue weighted by Gasteiger charge is -2.27. The molecule has 19 heavy (non-hydrogen) atoms. The van der Waals surface area contributed by atoms with Gasteiger partial charge >= 0.3 is 0 Å². The Morgan fingerprint density at radius 1 is 1.42 bits per heavy atom. The van der Waals surface area contributed by atoms with Crippen molar-refractivity contribution >= 4 is 11.6 Å². The summed E-state index contributed by atoms with van der Waals surface area (Å²) in [5.41, 5.74) is 6.92. The van der Waals surface area contributed by atoms with Crippen LogP contribution in [0.15, 0.2) is 24.3 Å². The number of hydrogen-bond donors (Lipinski definition) is 1. The van der Waals surface area contributed by atoms with Crippen LogP contribution in [0.1, 0.15) is 12.0 Å². The minimum absolute atomic E-state index is 0.0230. The molecule has 2 rings (SSSR count). The number of rotatable bonds is 2. The zero-order chi connectivity index (χ0) is 13.8. The largest absolute Gasteiger partial charge is 0.328 e. The first-order valence-corrected chi connectivity index (χ1v) is 6.40. The van der Waals surface area contributed by atoms with Crippen LogP contribution in [0.25, 0.3) is 0 Å². The third kappa shape index (κ3) is 2.60. The normalized spacial score (nSPS) is 21.0. The summed E-state index contributed by atoms with van der Waals surface area (Å²) in [6, 6.07) is 9.02. The second-order valence-electron chi connectivity index (χ2n) is 4.70. The number of nitriles is 1. The fourth-order valence-corrected chi connectivity index (χ4v) is 2.44. The summed E-state index contributed by atoms with van der Waals surface area (Å²) in [7, 11) is 1.91. The molecule has 0 radical (unpaired) electrons. The van der Waals surface area contributed by atoms with Crippen LogP contribution in [0.2, 0.25) is 0 Å². The number of benzene rings is 1. The van der Waals surface area contributed by atoms with Crippen LogP contribution in [0.3, 0.4) is 0 Å². The van der Waals surface area contributed by atoms with Crippen LogP contribution < -0.4 is 10.6 Å². The molecule has 0 spiro atoms. The Bertz CT molecular complexity index is 508. The summed E-state index contributed by atoms with van der Waals surface area (Å²) < 4.78 is 0. The molecular weight excluding hydrogens is 240 g/mol. The van der Waals surface area contributed by atoms with Gasteiger partial charge in [-0.3, -0.25) is 9.69 Å². The number of anilines is 1. The van der Waals surface area contributed by atoms with Gasteiger partial charge in [0.2, 0.25) is 5.91 Å². The van der Waals surface area contributed by atoms with E-state index in [9.17, 15) is 4.79 Å². The summed E-state index contributed by atoms with van der Waals surface area (Å²) in [5.74, 6) is -0.0230. The molecular formula is C14H18N4O. The summed E-state index contributed by atoms with van der Waals surface area (Å²) >= 11 is 0. The Hall–Kier alpha value is -1.90. The van der Waals surface area contributed by atoms with Gasteiger partial charge in [0.25, 0.3) is 0 Å². The van der Waals surface area contributed by atoms with Crippen molar-refractivity contribution in [2.75, 3.05) is 31.6 Å². The maximum atomic E-state index is 12.6. The molecule has 0 saturated carbocycles. The fourth-order valence-electron chi connectivity index (χ4n) is 2.44. The first-order chi connectivity index (χ1) is 9.19. The van der Waals surface area contributed by atoms with Crippen molar-refractivity contribution in [1.82, 2.24) is 4.90 Å². The molecule has 1 aromatic rings. The predicted octanol–water partition coefficient (Wildman–Crippen LogP) is 0.554. The van der Waals surface area contributed by atoms with Crippen LogP contribution in [0.5, 0.6) is 0 Å². The van der Waals surface area contributed by atoms with Gasteiger partial charge in [0.1, 0.15) is 12.1 Å². The fraction of sp³-hybridized carbons (Fsp3) is 0.429. The number of nitrogens with zero attached hydrogens (tertiary/aromatic N) is 3. The Kier molecular flexibility index (Phi) is 4.15. The van der Waals surface area contributed by atoms with Gasteiger partial charge in [-0.2, -0.15) is 5.26 Å². The summed E-state index contributed by atoms with van der Waals surface area (Å²) in [6.07, 6.45) is 0.874. The highest BCUT2D eigenvalue weighted by Crippen LogP contribution is 2.23. The molecule has 0 aromatic heterocycles. The van der Waals surface area contributed by atoms with Crippen molar-refractivity contribution in [3.63, 3.8) is 0 Å². The molecule has 1 saturated heterocycles. The maximum Gasteiger partial charge on any atom is 0.245 e. The first kappa shape index (κ1) is 13.5. The van der Waals surface area contributed by atoms with Gasteiger partial charge in [-0.15, -0.1) is 0 Å². The summed E-state index contributed by atoms with van der Waals surface area (Å²) in [4.78, 5) is 16.2. The molecule has 1 heterocycles. The lowest BCUT2D eigenvalue weighted by Crippen LogP contribution is -2.48. The molecule has 1 fully saturated rings. The number of para-hydroxylation sites is 1. The average molecular weight is 258 g/mol. The molecule has 1 amide bonds. The van der Waals surface area contributed by atoms with E-state index in [1.807, 2.05) is 24.1 Å². The Balaban J connectivity index is 2.38. The Morgan fingerprint density at radius 3 is 2.84 bits per heavy atom. The van der Waals surface area contributed by atoms with Crippen molar-refractivity contribution < 1.29 is 4.79 Å². The zero-order valence-corrected chi connectivity index (χ0v) is 11.0. The lowest BCUT2D eigenvalue weighted by atomic mass is 10.1. The molecule has 5 nitrogen and oxygen atoms in total. The number of carbonyl (C=O) groups excluding carboxylic acids is 1. The zero-order valence-electron chi connectivity index (χ0n) is 11.0. The number of nitrogens with two attached hydrogens (primary N) is 1. The van der Waals surface area contributed by atoms with E-state index < -0.39 is 0 Å². The van der Waals surface area contributed by atoms with E-state index >= 15 is 0 Å². The van der Waals surface area contributed by atoms with Crippen molar-refractivity contribution in [1.29, 1.82) is 5.26 Å². The van der Waals surface area contributed by atoms with Crippen LogP contribution in [-0.4, -0.2) is 43.5 Å². The van der Waals surface area contributed by atoms with Gasteiger partial charge < -0.3 is 10.6 Å². The van der Waals surface area contributed by atoms with Crippen molar-refractivity contribution in [3.8, 4) is 6.07 Å². The lowest BCUT2D eigenvalue weighted by molar-refractivity contribution is -0.122. The van der Waals surface area contributed by atoms with Crippen LogP contribution in [-0.2, 0) is 4.79 Å². The topological polar surface area (TPSA) is 73.4 Å². The molecule has 1 unspecified atom stereocenters. The second-order valence-corrected chi connectivity index (χ2v) is 4.70. The van der Waals surface area contributed by atoms with Crippen molar-refractivity contribution in [3.05, 3.63) is 29.8 Å². The van der Waals surface area contributed by atoms with E-state index in [-0.39, 0.29) is 11.9 Å². The SMILES string of the molecule is CN1CCCN(c2ccccc2C#N)C(=O)C1CN. The standard InChI is InChI=1S/C14H18N4O/c1-17-7-4-8-18(14(19)13(17)10-16)12-6-3-2-5-11(12)9-15/h2-3,5-6,13H,4,7-8,10,16H2,1H3. The highest BCUT2D eigenvalue weighted by molar-refractivity contribution is 5.98. The molecule has 0 aliphatic carbocycles. The minimum atomic E-state index is -0.311. The number of likely N-dealkylation sites (N-methyl/N-ethyl adjacent to an activating group) is 1. The van der Waals surface area contributed by atoms with Gasteiger partial charge in [-0.1, -0.05) is 12.1 Å². The molecule has 5 heteroatoms. The van der Waals surface area contributed by atoms with Crippen molar-refractivity contribution in [2.45, 2.75) is 12.5 Å². The van der Waals surface area contributed by atoms with Crippen LogP contribution >= 0.6 is 0 Å². The highest BCUT2D eigenvalue weighted by Gasteiger charge is 2.31. The van der Waals surface area contributed by atoms with Gasteiger partial charge in [-0.05, 0) is 25.6 Å². The molecule has 2 N–H and O–H groups in total. The first-order valence-electron chi connectivity index (χ1n) is 6.40. The van der Waals surface area contributed by atoms with Gasteiger partial charge in [0.15, 0.2) is 0 Å². The summed E-state index contributed by atoms with van der Waals surface area (Å²) in [6.45, 7) is 1.75. The molecule has 100 valence electrons. The van der Waals surface area contributed by atoms with E-state index in [4.69, 9.17) is 11.0 Å². The monoisotopic (exact) mass is 258 g/mol.